The molecule has 4 rings (SSSR count). The second-order valence-corrected chi connectivity index (χ2v) is 7.45. The van der Waals surface area contributed by atoms with Gasteiger partial charge in [-0.15, -0.1) is 0 Å². The van der Waals surface area contributed by atoms with Crippen LogP contribution in [0, 0.1) is 0 Å². The van der Waals surface area contributed by atoms with Gasteiger partial charge in [0.15, 0.2) is 5.69 Å². The van der Waals surface area contributed by atoms with Crippen molar-refractivity contribution in [3.63, 3.8) is 0 Å². The Bertz CT molecular complexity index is 1120. The standard InChI is InChI=1S/C21H19N4O3P/c1-28-21(27)19-18(7-4-10-22-19)24-20(26)17-9-8-14(13-25-12-11-23-29-25)15-5-2-3-6-16(15)17/h2-12,23,29H,13H2,1H3,(H,24,26). The molecule has 29 heavy (non-hydrogen) atoms. The van der Waals surface area contributed by atoms with Crippen molar-refractivity contribution in [1.29, 1.82) is 0 Å². The van der Waals surface area contributed by atoms with Crippen LogP contribution in [0.1, 0.15) is 26.4 Å². The highest BCUT2D eigenvalue weighted by atomic mass is 31.1. The number of amides is 1. The van der Waals surface area contributed by atoms with E-state index >= 15 is 0 Å². The number of benzene rings is 2. The quantitative estimate of drug-likeness (QED) is 0.497. The lowest BCUT2D eigenvalue weighted by Gasteiger charge is -2.17. The van der Waals surface area contributed by atoms with Crippen molar-refractivity contribution >= 4 is 37.2 Å². The smallest absolute Gasteiger partial charge is 0.358 e. The van der Waals surface area contributed by atoms with Crippen LogP contribution in [0.3, 0.4) is 0 Å². The van der Waals surface area contributed by atoms with Crippen molar-refractivity contribution in [3.8, 4) is 0 Å². The summed E-state index contributed by atoms with van der Waals surface area (Å²) in [5.74, 6) is -0.912. The molecule has 0 fully saturated rings. The first-order chi connectivity index (χ1) is 14.2. The predicted molar refractivity (Wildman–Crippen MR) is 114 cm³/mol. The molecule has 0 bridgehead atoms. The molecule has 0 saturated heterocycles. The highest BCUT2D eigenvalue weighted by molar-refractivity contribution is 7.33. The van der Waals surface area contributed by atoms with Crippen molar-refractivity contribution in [2.24, 2.45) is 0 Å². The molecule has 2 heterocycles. The summed E-state index contributed by atoms with van der Waals surface area (Å²) >= 11 is 0. The molecule has 2 aromatic carbocycles. The third-order valence-electron chi connectivity index (χ3n) is 4.58. The lowest BCUT2D eigenvalue weighted by atomic mass is 9.99. The highest BCUT2D eigenvalue weighted by Gasteiger charge is 2.18. The Labute approximate surface area is 169 Å². The predicted octanol–water partition coefficient (Wildman–Crippen LogP) is 3.66. The third-order valence-corrected chi connectivity index (χ3v) is 5.47. The molecular formula is C21H19N4O3P. The van der Waals surface area contributed by atoms with Crippen LogP contribution in [0.4, 0.5) is 5.69 Å². The van der Waals surface area contributed by atoms with E-state index in [0.29, 0.717) is 20.1 Å². The molecule has 1 amide bonds. The lowest BCUT2D eigenvalue weighted by Crippen LogP contribution is -2.17. The molecule has 1 aromatic heterocycles. The number of methoxy groups -OCH3 is 1. The number of esters is 1. The van der Waals surface area contributed by atoms with Gasteiger partial charge >= 0.3 is 5.97 Å². The lowest BCUT2D eigenvalue weighted by molar-refractivity contribution is 0.0595. The van der Waals surface area contributed by atoms with Crippen LogP contribution in [0.2, 0.25) is 0 Å². The van der Waals surface area contributed by atoms with Gasteiger partial charge < -0.3 is 19.8 Å². The summed E-state index contributed by atoms with van der Waals surface area (Å²) < 4.78 is 6.93. The van der Waals surface area contributed by atoms with E-state index in [0.717, 1.165) is 22.9 Å². The molecule has 1 aliphatic rings. The van der Waals surface area contributed by atoms with E-state index in [1.54, 1.807) is 12.1 Å². The normalized spacial score (nSPS) is 13.5. The minimum absolute atomic E-state index is 0.0681. The maximum absolute atomic E-state index is 13.0. The number of ether oxygens (including phenoxy) is 1. The Kier molecular flexibility index (Phi) is 5.40. The number of aromatic nitrogens is 1. The van der Waals surface area contributed by atoms with Gasteiger partial charge in [0.05, 0.1) is 21.7 Å². The van der Waals surface area contributed by atoms with Gasteiger partial charge in [-0.2, -0.15) is 0 Å². The zero-order chi connectivity index (χ0) is 20.2. The first-order valence-electron chi connectivity index (χ1n) is 8.97. The van der Waals surface area contributed by atoms with Crippen LogP contribution in [-0.4, -0.2) is 28.6 Å². The molecule has 1 unspecified atom stereocenters. The number of rotatable bonds is 5. The van der Waals surface area contributed by atoms with Gasteiger partial charge in [-0.1, -0.05) is 30.3 Å². The fourth-order valence-electron chi connectivity index (χ4n) is 3.21. The number of carbonyl (C=O) groups is 2. The largest absolute Gasteiger partial charge is 0.464 e. The molecule has 0 saturated carbocycles. The molecular weight excluding hydrogens is 387 g/mol. The number of nitrogens with zero attached hydrogens (tertiary/aromatic N) is 2. The Morgan fingerprint density at radius 2 is 1.97 bits per heavy atom. The Balaban J connectivity index is 1.67. The minimum Gasteiger partial charge on any atom is -0.464 e. The van der Waals surface area contributed by atoms with Crippen LogP contribution >= 0.6 is 8.88 Å². The first kappa shape index (κ1) is 18.9. The summed E-state index contributed by atoms with van der Waals surface area (Å²) in [6.45, 7) is 0.749. The average Bonchev–Trinajstić information content (AvgIpc) is 3.27. The van der Waals surface area contributed by atoms with Crippen LogP contribution in [0.15, 0.2) is 67.1 Å². The summed E-state index contributed by atoms with van der Waals surface area (Å²) in [6.07, 6.45) is 5.42. The van der Waals surface area contributed by atoms with E-state index in [9.17, 15) is 9.59 Å². The highest BCUT2D eigenvalue weighted by Crippen LogP contribution is 2.29. The fourth-order valence-corrected chi connectivity index (χ4v) is 3.93. The van der Waals surface area contributed by atoms with Gasteiger partial charge in [-0.05, 0) is 34.5 Å². The van der Waals surface area contributed by atoms with Crippen LogP contribution in [0.5, 0.6) is 0 Å². The third kappa shape index (κ3) is 3.91. The topological polar surface area (TPSA) is 83.6 Å². The van der Waals surface area contributed by atoms with Crippen LogP contribution < -0.4 is 10.4 Å². The zero-order valence-electron chi connectivity index (χ0n) is 15.7. The van der Waals surface area contributed by atoms with Crippen LogP contribution in [0.25, 0.3) is 10.8 Å². The summed E-state index contributed by atoms with van der Waals surface area (Å²) in [6, 6.07) is 14.9. The van der Waals surface area contributed by atoms with Gasteiger partial charge in [0, 0.05) is 30.7 Å². The maximum Gasteiger partial charge on any atom is 0.358 e. The molecule has 1 atom stereocenters. The number of hydrogen-bond acceptors (Lipinski definition) is 6. The van der Waals surface area contributed by atoms with E-state index in [1.807, 2.05) is 48.8 Å². The van der Waals surface area contributed by atoms with Crippen molar-refractivity contribution in [2.45, 2.75) is 6.54 Å². The molecule has 1 aliphatic heterocycles. The van der Waals surface area contributed by atoms with Crippen molar-refractivity contribution in [1.82, 2.24) is 14.7 Å². The first-order valence-corrected chi connectivity index (χ1v) is 9.92. The summed E-state index contributed by atoms with van der Waals surface area (Å²) in [5.41, 5.74) is 2.04. The number of carbonyl (C=O) groups excluding carboxylic acids is 2. The molecule has 0 aliphatic carbocycles. The van der Waals surface area contributed by atoms with Gasteiger partial charge in [-0.3, -0.25) is 4.79 Å². The summed E-state index contributed by atoms with van der Waals surface area (Å²) in [4.78, 5) is 29.0. The molecule has 2 N–H and O–H groups in total. The molecule has 8 heteroatoms. The molecule has 0 radical (unpaired) electrons. The fraction of sp³-hybridized carbons (Fsp3) is 0.0952. The van der Waals surface area contributed by atoms with E-state index in [1.165, 1.54) is 13.3 Å². The van der Waals surface area contributed by atoms with Gasteiger partial charge in [0.2, 0.25) is 0 Å². The number of hydrogen-bond donors (Lipinski definition) is 2. The van der Waals surface area contributed by atoms with Crippen LogP contribution in [-0.2, 0) is 11.3 Å². The minimum atomic E-state index is -0.603. The van der Waals surface area contributed by atoms with Crippen molar-refractivity contribution in [2.75, 3.05) is 12.4 Å². The monoisotopic (exact) mass is 406 g/mol. The average molecular weight is 406 g/mol. The molecule has 3 aromatic rings. The maximum atomic E-state index is 13.0. The number of anilines is 1. The van der Waals surface area contributed by atoms with Gasteiger partial charge in [-0.25, -0.2) is 9.78 Å². The second-order valence-electron chi connectivity index (χ2n) is 6.36. The number of fused-ring (bicyclic) bond motifs is 1. The van der Waals surface area contributed by atoms with Crippen molar-refractivity contribution < 1.29 is 14.3 Å². The summed E-state index contributed by atoms with van der Waals surface area (Å²) in [5, 5.41) is 7.85. The number of nitrogens with one attached hydrogen (secondary N) is 2. The Morgan fingerprint density at radius 1 is 1.14 bits per heavy atom. The molecule has 0 spiro atoms. The van der Waals surface area contributed by atoms with Crippen molar-refractivity contribution in [3.05, 3.63) is 83.9 Å². The zero-order valence-corrected chi connectivity index (χ0v) is 16.7. The number of pyridine rings is 1. The second kappa shape index (κ2) is 8.29. The van der Waals surface area contributed by atoms with E-state index in [4.69, 9.17) is 4.74 Å². The van der Waals surface area contributed by atoms with Gasteiger partial charge in [0.1, 0.15) is 0 Å². The molecule has 146 valence electrons. The summed E-state index contributed by atoms with van der Waals surface area (Å²) in [7, 11) is 1.79. The SMILES string of the molecule is COC(=O)c1ncccc1NC(=O)c1ccc(CN2C=CNP2)c2ccccc12. The van der Waals surface area contributed by atoms with Gasteiger partial charge in [0.25, 0.3) is 5.91 Å². The molecule has 7 nitrogen and oxygen atoms in total. The Hall–Kier alpha value is -3.44. The van der Waals surface area contributed by atoms with E-state index < -0.39 is 5.97 Å². The Morgan fingerprint density at radius 3 is 2.72 bits per heavy atom. The van der Waals surface area contributed by atoms with E-state index in [2.05, 4.69) is 20.1 Å². The van der Waals surface area contributed by atoms with E-state index in [-0.39, 0.29) is 11.6 Å².